The summed E-state index contributed by atoms with van der Waals surface area (Å²) < 4.78 is 0. The number of aryl methyl sites for hydroxylation is 1. The molecule has 0 bridgehead atoms. The Morgan fingerprint density at radius 3 is 3.06 bits per heavy atom. The normalized spacial score (nSPS) is 19.2. The first kappa shape index (κ1) is 13.0. The molecule has 2 rings (SSSR count). The molecule has 5 nitrogen and oxygen atoms in total. The third-order valence-corrected chi connectivity index (χ3v) is 2.75. The number of aromatic nitrogens is 2. The molecule has 1 fully saturated rings. The van der Waals surface area contributed by atoms with Gasteiger partial charge in [-0.15, -0.1) is 12.4 Å². The molecule has 1 aromatic heterocycles. The van der Waals surface area contributed by atoms with Crippen LogP contribution in [0.5, 0.6) is 0 Å². The smallest absolute Gasteiger partial charge is 0.254 e. The van der Waals surface area contributed by atoms with Crippen molar-refractivity contribution in [3.8, 4) is 0 Å². The molecule has 3 N–H and O–H groups in total. The van der Waals surface area contributed by atoms with Gasteiger partial charge in [0.05, 0.1) is 11.8 Å². The van der Waals surface area contributed by atoms with E-state index in [4.69, 9.17) is 0 Å². The van der Waals surface area contributed by atoms with E-state index in [1.165, 1.54) is 6.42 Å². The van der Waals surface area contributed by atoms with Crippen LogP contribution in [0.1, 0.15) is 28.9 Å². The highest BCUT2D eigenvalue weighted by molar-refractivity contribution is 5.94. The predicted molar refractivity (Wildman–Crippen MR) is 63.9 cm³/mol. The van der Waals surface area contributed by atoms with Crippen molar-refractivity contribution < 1.29 is 4.79 Å². The molecule has 1 saturated heterocycles. The van der Waals surface area contributed by atoms with Gasteiger partial charge in [-0.1, -0.05) is 0 Å². The van der Waals surface area contributed by atoms with Crippen LogP contribution in [0.25, 0.3) is 0 Å². The second-order valence-corrected chi connectivity index (χ2v) is 3.91. The lowest BCUT2D eigenvalue weighted by Crippen LogP contribution is -2.37. The number of amides is 1. The van der Waals surface area contributed by atoms with E-state index in [0.717, 1.165) is 18.7 Å². The quantitative estimate of drug-likeness (QED) is 0.730. The monoisotopic (exact) mass is 244 g/mol. The zero-order valence-corrected chi connectivity index (χ0v) is 10.1. The molecule has 1 aromatic rings. The molecule has 1 atom stereocenters. The number of rotatable bonds is 3. The van der Waals surface area contributed by atoms with Gasteiger partial charge in [0.15, 0.2) is 0 Å². The molecule has 1 unspecified atom stereocenters. The van der Waals surface area contributed by atoms with Crippen LogP contribution in [0.4, 0.5) is 0 Å². The minimum absolute atomic E-state index is 0. The summed E-state index contributed by atoms with van der Waals surface area (Å²) in [6.45, 7) is 3.60. The number of halogens is 1. The van der Waals surface area contributed by atoms with Crippen molar-refractivity contribution in [2.24, 2.45) is 0 Å². The third-order valence-electron chi connectivity index (χ3n) is 2.75. The zero-order chi connectivity index (χ0) is 10.7. The van der Waals surface area contributed by atoms with Crippen LogP contribution in [-0.2, 0) is 0 Å². The highest BCUT2D eigenvalue weighted by Crippen LogP contribution is 2.05. The molecule has 90 valence electrons. The first-order valence-electron chi connectivity index (χ1n) is 5.29. The molecule has 0 radical (unpaired) electrons. The Kier molecular flexibility index (Phi) is 4.76. The van der Waals surface area contributed by atoms with Crippen molar-refractivity contribution in [3.05, 3.63) is 17.5 Å². The number of carbonyl (C=O) groups excluding carboxylic acids is 1. The number of nitrogens with one attached hydrogen (secondary N) is 3. The van der Waals surface area contributed by atoms with Crippen molar-refractivity contribution in [2.45, 2.75) is 25.8 Å². The summed E-state index contributed by atoms with van der Waals surface area (Å²) in [5, 5.41) is 12.8. The highest BCUT2D eigenvalue weighted by Gasteiger charge is 2.16. The summed E-state index contributed by atoms with van der Waals surface area (Å²) in [6, 6.07) is 0.432. The van der Waals surface area contributed by atoms with Gasteiger partial charge in [0, 0.05) is 18.3 Å². The molecule has 1 aliphatic heterocycles. The number of carbonyl (C=O) groups is 1. The van der Waals surface area contributed by atoms with Crippen LogP contribution < -0.4 is 10.6 Å². The molecule has 16 heavy (non-hydrogen) atoms. The fraction of sp³-hybridized carbons (Fsp3) is 0.600. The van der Waals surface area contributed by atoms with Gasteiger partial charge in [0.1, 0.15) is 0 Å². The maximum Gasteiger partial charge on any atom is 0.254 e. The van der Waals surface area contributed by atoms with Crippen molar-refractivity contribution in [1.82, 2.24) is 20.8 Å². The molecule has 6 heteroatoms. The molecule has 1 amide bonds. The van der Waals surface area contributed by atoms with Gasteiger partial charge < -0.3 is 10.6 Å². The maximum atomic E-state index is 11.7. The van der Waals surface area contributed by atoms with Crippen LogP contribution in [0, 0.1) is 6.92 Å². The molecule has 2 heterocycles. The van der Waals surface area contributed by atoms with Gasteiger partial charge in [-0.3, -0.25) is 9.89 Å². The fourth-order valence-corrected chi connectivity index (χ4v) is 1.82. The second-order valence-electron chi connectivity index (χ2n) is 3.91. The van der Waals surface area contributed by atoms with Gasteiger partial charge in [0.2, 0.25) is 0 Å². The summed E-state index contributed by atoms with van der Waals surface area (Å²) in [6.07, 6.45) is 3.91. The Labute approximate surface area is 101 Å². The number of aromatic amines is 1. The Hall–Kier alpha value is -1.07. The lowest BCUT2D eigenvalue weighted by atomic mass is 10.2. The zero-order valence-electron chi connectivity index (χ0n) is 9.25. The lowest BCUT2D eigenvalue weighted by Gasteiger charge is -2.10. The van der Waals surface area contributed by atoms with Crippen LogP contribution in [0.3, 0.4) is 0 Å². The van der Waals surface area contributed by atoms with Gasteiger partial charge in [-0.2, -0.15) is 5.10 Å². The third kappa shape index (κ3) is 2.96. The summed E-state index contributed by atoms with van der Waals surface area (Å²) >= 11 is 0. The molecule has 1 aliphatic rings. The summed E-state index contributed by atoms with van der Waals surface area (Å²) in [7, 11) is 0. The lowest BCUT2D eigenvalue weighted by molar-refractivity contribution is 0.0950. The van der Waals surface area contributed by atoms with E-state index in [1.807, 2.05) is 6.92 Å². The fourth-order valence-electron chi connectivity index (χ4n) is 1.82. The highest BCUT2D eigenvalue weighted by atomic mass is 35.5. The summed E-state index contributed by atoms with van der Waals surface area (Å²) in [4.78, 5) is 11.7. The first-order valence-corrected chi connectivity index (χ1v) is 5.29. The number of hydrogen-bond acceptors (Lipinski definition) is 3. The van der Waals surface area contributed by atoms with E-state index < -0.39 is 0 Å². The first-order chi connectivity index (χ1) is 7.27. The topological polar surface area (TPSA) is 69.8 Å². The molecule has 0 saturated carbocycles. The van der Waals surface area contributed by atoms with E-state index in [0.29, 0.717) is 18.2 Å². The van der Waals surface area contributed by atoms with E-state index in [-0.39, 0.29) is 18.3 Å². The van der Waals surface area contributed by atoms with Crippen LogP contribution in [0.2, 0.25) is 0 Å². The van der Waals surface area contributed by atoms with Crippen molar-refractivity contribution in [2.75, 3.05) is 13.1 Å². The minimum atomic E-state index is -0.0463. The largest absolute Gasteiger partial charge is 0.350 e. The number of H-pyrrole nitrogens is 1. The van der Waals surface area contributed by atoms with Crippen LogP contribution >= 0.6 is 12.4 Å². The summed E-state index contributed by atoms with van der Waals surface area (Å²) in [5.74, 6) is -0.0463. The van der Waals surface area contributed by atoms with Crippen LogP contribution in [0.15, 0.2) is 6.20 Å². The minimum Gasteiger partial charge on any atom is -0.350 e. The molecular formula is C10H17ClN4O. The molecule has 0 aliphatic carbocycles. The number of hydrogen-bond donors (Lipinski definition) is 3. The Morgan fingerprint density at radius 1 is 1.69 bits per heavy atom. The van der Waals surface area contributed by atoms with E-state index in [1.54, 1.807) is 6.20 Å². The van der Waals surface area contributed by atoms with Crippen molar-refractivity contribution in [1.29, 1.82) is 0 Å². The summed E-state index contributed by atoms with van der Waals surface area (Å²) in [5.41, 5.74) is 1.44. The van der Waals surface area contributed by atoms with E-state index in [9.17, 15) is 4.79 Å². The second kappa shape index (κ2) is 5.86. The standard InChI is InChI=1S/C10H16N4O.ClH/c1-7-9(6-13-14-7)10(15)12-5-8-3-2-4-11-8;/h6,8,11H,2-5H2,1H3,(H,12,15)(H,13,14);1H. The van der Waals surface area contributed by atoms with Gasteiger partial charge >= 0.3 is 0 Å². The van der Waals surface area contributed by atoms with Crippen LogP contribution in [-0.4, -0.2) is 35.2 Å². The van der Waals surface area contributed by atoms with Gasteiger partial charge in [-0.05, 0) is 26.3 Å². The van der Waals surface area contributed by atoms with E-state index >= 15 is 0 Å². The Bertz CT molecular complexity index is 346. The van der Waals surface area contributed by atoms with Crippen molar-refractivity contribution in [3.63, 3.8) is 0 Å². The number of nitrogens with zero attached hydrogens (tertiary/aromatic N) is 1. The average Bonchev–Trinajstić information content (AvgIpc) is 2.84. The van der Waals surface area contributed by atoms with Gasteiger partial charge in [0.25, 0.3) is 5.91 Å². The molecule has 0 aromatic carbocycles. The van der Waals surface area contributed by atoms with Crippen molar-refractivity contribution >= 4 is 18.3 Å². The van der Waals surface area contributed by atoms with Gasteiger partial charge in [-0.25, -0.2) is 0 Å². The predicted octanol–water partition coefficient (Wildman–Crippen LogP) is 0.622. The Morgan fingerprint density at radius 2 is 2.50 bits per heavy atom. The molecular weight excluding hydrogens is 228 g/mol. The molecule has 0 spiro atoms. The SMILES string of the molecule is Cc1[nH]ncc1C(=O)NCC1CCCN1.Cl. The maximum absolute atomic E-state index is 11.7. The van der Waals surface area contributed by atoms with E-state index in [2.05, 4.69) is 20.8 Å². The average molecular weight is 245 g/mol. The Balaban J connectivity index is 0.00000128.